The van der Waals surface area contributed by atoms with Crippen LogP contribution in [0.25, 0.3) is 0 Å². The first-order valence-corrected chi connectivity index (χ1v) is 10.2. The number of carbonyl (C=O) groups excluding carboxylic acids is 2. The number of nitrogens with one attached hydrogen (secondary N) is 1. The summed E-state index contributed by atoms with van der Waals surface area (Å²) in [4.78, 5) is 27.1. The molecule has 27 heavy (non-hydrogen) atoms. The second-order valence-corrected chi connectivity index (χ2v) is 8.10. The van der Waals surface area contributed by atoms with Crippen molar-refractivity contribution in [2.45, 2.75) is 70.2 Å². The van der Waals surface area contributed by atoms with E-state index >= 15 is 0 Å². The fraction of sp³-hybridized carbons (Fsp3) is 0.636. The highest BCUT2D eigenvalue weighted by Gasteiger charge is 2.37. The van der Waals surface area contributed by atoms with Crippen LogP contribution in [0.1, 0.15) is 51.0 Å². The Morgan fingerprint density at radius 3 is 2.56 bits per heavy atom. The fourth-order valence-electron chi connectivity index (χ4n) is 4.44. The van der Waals surface area contributed by atoms with E-state index in [1.807, 2.05) is 42.3 Å². The molecule has 0 radical (unpaired) electrons. The fourth-order valence-corrected chi connectivity index (χ4v) is 4.44. The van der Waals surface area contributed by atoms with Gasteiger partial charge in [0, 0.05) is 6.54 Å². The number of hydrogen-bond acceptors (Lipinski definition) is 4. The Hall–Kier alpha value is -1.72. The van der Waals surface area contributed by atoms with Crippen LogP contribution in [0, 0.1) is 5.92 Å². The maximum atomic E-state index is 12.9. The molecule has 0 unspecified atom stereocenters. The normalized spacial score (nSPS) is 25.3. The van der Waals surface area contributed by atoms with Gasteiger partial charge in [-0.05, 0) is 44.7 Å². The number of rotatable bonds is 7. The smallest absolute Gasteiger partial charge is 0.238 e. The number of ketones is 1. The standard InChI is InChI=1S/C22H32N2O3/c1-16(25)21(18-11-7-4-8-12-18)23-22(26)20-13-19(14-24(20)2)27-15-17-9-5-3-6-10-17/h3,5-6,9-10,18-21H,4,7-8,11-15H2,1-2H3,(H,23,26)/t19-,20+,21-/m1/s1. The van der Waals surface area contributed by atoms with Crippen molar-refractivity contribution in [2.75, 3.05) is 13.6 Å². The quantitative estimate of drug-likeness (QED) is 0.799. The van der Waals surface area contributed by atoms with Crippen molar-refractivity contribution in [2.24, 2.45) is 5.92 Å². The third-order valence-electron chi connectivity index (χ3n) is 6.00. The van der Waals surface area contributed by atoms with Gasteiger partial charge in [0.25, 0.3) is 0 Å². The number of nitrogens with zero attached hydrogens (tertiary/aromatic N) is 1. The maximum Gasteiger partial charge on any atom is 0.238 e. The van der Waals surface area contributed by atoms with Crippen LogP contribution in [-0.2, 0) is 20.9 Å². The Labute approximate surface area is 162 Å². The summed E-state index contributed by atoms with van der Waals surface area (Å²) in [6, 6.07) is 9.53. The third-order valence-corrected chi connectivity index (χ3v) is 6.00. The lowest BCUT2D eigenvalue weighted by Gasteiger charge is -2.30. The van der Waals surface area contributed by atoms with E-state index in [0.717, 1.165) is 37.8 Å². The highest BCUT2D eigenvalue weighted by Crippen LogP contribution is 2.27. The van der Waals surface area contributed by atoms with Crippen LogP contribution < -0.4 is 5.32 Å². The predicted molar refractivity (Wildman–Crippen MR) is 105 cm³/mol. The Morgan fingerprint density at radius 1 is 1.19 bits per heavy atom. The lowest BCUT2D eigenvalue weighted by molar-refractivity contribution is -0.131. The Kier molecular flexibility index (Phi) is 7.02. The zero-order chi connectivity index (χ0) is 19.2. The zero-order valence-corrected chi connectivity index (χ0v) is 16.5. The number of ether oxygens (including phenoxy) is 1. The second-order valence-electron chi connectivity index (χ2n) is 8.10. The SMILES string of the molecule is CC(=O)[C@@H](NC(=O)[C@@H]1C[C@@H](OCc2ccccc2)CN1C)C1CCCCC1. The zero-order valence-electron chi connectivity index (χ0n) is 16.5. The van der Waals surface area contributed by atoms with Gasteiger partial charge in [0.2, 0.25) is 5.91 Å². The molecule has 1 aliphatic heterocycles. The molecule has 1 aromatic carbocycles. The van der Waals surface area contributed by atoms with Gasteiger partial charge < -0.3 is 10.1 Å². The molecule has 3 atom stereocenters. The first-order valence-electron chi connectivity index (χ1n) is 10.2. The number of likely N-dealkylation sites (N-methyl/N-ethyl adjacent to an activating group) is 1. The largest absolute Gasteiger partial charge is 0.372 e. The van der Waals surface area contributed by atoms with E-state index in [2.05, 4.69) is 5.32 Å². The lowest BCUT2D eigenvalue weighted by Crippen LogP contribution is -2.51. The minimum absolute atomic E-state index is 0.0333. The van der Waals surface area contributed by atoms with Gasteiger partial charge in [-0.2, -0.15) is 0 Å². The number of likely N-dealkylation sites (tertiary alicyclic amines) is 1. The summed E-state index contributed by atoms with van der Waals surface area (Å²) in [5.41, 5.74) is 1.14. The molecule has 1 N–H and O–H groups in total. The molecule has 2 aliphatic rings. The van der Waals surface area contributed by atoms with Gasteiger partial charge in [0.1, 0.15) is 0 Å². The van der Waals surface area contributed by atoms with E-state index in [0.29, 0.717) is 13.0 Å². The van der Waals surface area contributed by atoms with E-state index in [1.165, 1.54) is 6.42 Å². The molecule has 0 bridgehead atoms. The van der Waals surface area contributed by atoms with E-state index in [1.54, 1.807) is 6.92 Å². The Balaban J connectivity index is 1.53. The van der Waals surface area contributed by atoms with Crippen LogP contribution in [-0.4, -0.2) is 48.4 Å². The van der Waals surface area contributed by atoms with Crippen molar-refractivity contribution in [3.63, 3.8) is 0 Å². The minimum atomic E-state index is -0.338. The molecule has 148 valence electrons. The summed E-state index contributed by atoms with van der Waals surface area (Å²) < 4.78 is 6.02. The average Bonchev–Trinajstić information content (AvgIpc) is 3.06. The third kappa shape index (κ3) is 5.39. The predicted octanol–water partition coefficient (Wildman–Crippen LogP) is 2.93. The molecule has 5 nitrogen and oxygen atoms in total. The first-order chi connectivity index (χ1) is 13.0. The molecule has 0 aromatic heterocycles. The van der Waals surface area contributed by atoms with E-state index < -0.39 is 0 Å². The molecule has 1 saturated carbocycles. The maximum absolute atomic E-state index is 12.9. The number of hydrogen-bond donors (Lipinski definition) is 1. The van der Waals surface area contributed by atoms with E-state index in [-0.39, 0.29) is 35.8 Å². The van der Waals surface area contributed by atoms with Crippen LogP contribution >= 0.6 is 0 Å². The monoisotopic (exact) mass is 372 g/mol. The molecular formula is C22H32N2O3. The molecule has 5 heteroatoms. The van der Waals surface area contributed by atoms with Crippen molar-refractivity contribution in [1.29, 1.82) is 0 Å². The first kappa shape index (κ1) is 20.0. The number of Topliss-reactive ketones (excluding diaryl/α,β-unsaturated/α-hetero) is 1. The summed E-state index contributed by atoms with van der Waals surface area (Å²) in [5, 5.41) is 3.07. The molecule has 2 fully saturated rings. The number of benzene rings is 1. The molecular weight excluding hydrogens is 340 g/mol. The summed E-state index contributed by atoms with van der Waals surface area (Å²) in [6.45, 7) is 2.90. The molecule has 1 amide bonds. The van der Waals surface area contributed by atoms with E-state index in [4.69, 9.17) is 4.74 Å². The van der Waals surface area contributed by atoms with E-state index in [9.17, 15) is 9.59 Å². The summed E-state index contributed by atoms with van der Waals surface area (Å²) in [5.74, 6) is 0.332. The molecule has 1 aromatic rings. The second kappa shape index (κ2) is 9.47. The van der Waals surface area contributed by atoms with Crippen LogP contribution in [0.3, 0.4) is 0 Å². The molecule has 1 saturated heterocycles. The van der Waals surface area contributed by atoms with Gasteiger partial charge in [-0.3, -0.25) is 14.5 Å². The van der Waals surface area contributed by atoms with Gasteiger partial charge in [-0.15, -0.1) is 0 Å². The van der Waals surface area contributed by atoms with Crippen molar-refractivity contribution in [1.82, 2.24) is 10.2 Å². The van der Waals surface area contributed by atoms with Gasteiger partial charge in [0.15, 0.2) is 5.78 Å². The lowest BCUT2D eigenvalue weighted by atomic mass is 9.82. The number of amides is 1. The molecule has 0 spiro atoms. The van der Waals surface area contributed by atoms with Crippen LogP contribution in [0.5, 0.6) is 0 Å². The molecule has 1 aliphatic carbocycles. The van der Waals surface area contributed by atoms with Gasteiger partial charge in [-0.25, -0.2) is 0 Å². The van der Waals surface area contributed by atoms with Crippen molar-refractivity contribution >= 4 is 11.7 Å². The van der Waals surface area contributed by atoms with Crippen molar-refractivity contribution in [3.8, 4) is 0 Å². The molecule has 3 rings (SSSR count). The van der Waals surface area contributed by atoms with Crippen LogP contribution in [0.4, 0.5) is 0 Å². The Bertz CT molecular complexity index is 628. The van der Waals surface area contributed by atoms with Crippen LogP contribution in [0.2, 0.25) is 0 Å². The van der Waals surface area contributed by atoms with Crippen LogP contribution in [0.15, 0.2) is 30.3 Å². The summed E-state index contributed by atoms with van der Waals surface area (Å²) in [7, 11) is 1.96. The van der Waals surface area contributed by atoms with Gasteiger partial charge in [-0.1, -0.05) is 49.6 Å². The highest BCUT2D eigenvalue weighted by atomic mass is 16.5. The highest BCUT2D eigenvalue weighted by molar-refractivity contribution is 5.90. The average molecular weight is 373 g/mol. The van der Waals surface area contributed by atoms with Gasteiger partial charge in [0.05, 0.1) is 24.8 Å². The topological polar surface area (TPSA) is 58.6 Å². The van der Waals surface area contributed by atoms with Gasteiger partial charge >= 0.3 is 0 Å². The minimum Gasteiger partial charge on any atom is -0.372 e. The summed E-state index contributed by atoms with van der Waals surface area (Å²) >= 11 is 0. The molecule has 1 heterocycles. The Morgan fingerprint density at radius 2 is 1.89 bits per heavy atom. The number of carbonyl (C=O) groups is 2. The van der Waals surface area contributed by atoms with Crippen molar-refractivity contribution in [3.05, 3.63) is 35.9 Å². The summed E-state index contributed by atoms with van der Waals surface area (Å²) in [6.07, 6.45) is 6.33. The van der Waals surface area contributed by atoms with Crippen molar-refractivity contribution < 1.29 is 14.3 Å².